The van der Waals surface area contributed by atoms with Gasteiger partial charge in [-0.2, -0.15) is 0 Å². The Balaban J connectivity index is 1.80. The van der Waals surface area contributed by atoms with Crippen LogP contribution in [0, 0.1) is 35.5 Å². The van der Waals surface area contributed by atoms with Gasteiger partial charge in [0.15, 0.2) is 0 Å². The zero-order valence-electron chi connectivity index (χ0n) is 18.5. The molecule has 0 heterocycles. The average molecular weight is 397 g/mol. The van der Waals surface area contributed by atoms with Gasteiger partial charge in [0.1, 0.15) is 12.2 Å². The standard InChI is InChI=1S/C22H40N2O4/c1-13(2)17-9-7-15(5)11-19(17)27-21(25)23-24-22(26)28-20-12-16(6)8-10-18(20)14(3)4/h13-20H,7-12H2,1-6H3,(H,23,25)(H,24,26)/t15-,16-,17+,18+,19-,20-/m1/s1. The molecule has 2 N–H and O–H groups in total. The molecule has 6 heteroatoms. The van der Waals surface area contributed by atoms with Crippen LogP contribution < -0.4 is 10.9 Å². The molecule has 6 atom stereocenters. The zero-order valence-corrected chi connectivity index (χ0v) is 18.5. The van der Waals surface area contributed by atoms with E-state index < -0.39 is 12.2 Å². The van der Waals surface area contributed by atoms with Crippen LogP contribution in [-0.4, -0.2) is 24.4 Å². The first-order chi connectivity index (χ1) is 13.2. The summed E-state index contributed by atoms with van der Waals surface area (Å²) in [4.78, 5) is 24.4. The summed E-state index contributed by atoms with van der Waals surface area (Å²) in [5, 5.41) is 0. The Kier molecular flexibility index (Phi) is 8.44. The van der Waals surface area contributed by atoms with Crippen LogP contribution in [0.1, 0.15) is 80.1 Å². The van der Waals surface area contributed by atoms with Gasteiger partial charge in [0.05, 0.1) is 0 Å². The molecule has 0 aliphatic heterocycles. The molecule has 2 amide bonds. The fraction of sp³-hybridized carbons (Fsp3) is 0.909. The average Bonchev–Trinajstić information content (AvgIpc) is 2.59. The van der Waals surface area contributed by atoms with Crippen molar-refractivity contribution in [2.45, 2.75) is 92.3 Å². The summed E-state index contributed by atoms with van der Waals surface area (Å²) < 4.78 is 11.3. The second-order valence-electron chi connectivity index (χ2n) is 9.79. The molecule has 0 bridgehead atoms. The van der Waals surface area contributed by atoms with E-state index in [1.165, 1.54) is 12.8 Å². The van der Waals surface area contributed by atoms with E-state index in [4.69, 9.17) is 9.47 Å². The highest BCUT2D eigenvalue weighted by Gasteiger charge is 2.35. The molecule has 2 saturated carbocycles. The maximum absolute atomic E-state index is 12.2. The number of hydrazine groups is 1. The third-order valence-electron chi connectivity index (χ3n) is 6.71. The molecular weight excluding hydrogens is 356 g/mol. The van der Waals surface area contributed by atoms with E-state index in [2.05, 4.69) is 52.4 Å². The smallest absolute Gasteiger partial charge is 0.426 e. The second-order valence-corrected chi connectivity index (χ2v) is 9.79. The summed E-state index contributed by atoms with van der Waals surface area (Å²) in [7, 11) is 0. The fourth-order valence-corrected chi connectivity index (χ4v) is 4.94. The largest absolute Gasteiger partial charge is 0.445 e. The normalized spacial score (nSPS) is 33.4. The summed E-state index contributed by atoms with van der Waals surface area (Å²) in [6, 6.07) is 0. The highest BCUT2D eigenvalue weighted by molar-refractivity contribution is 5.73. The van der Waals surface area contributed by atoms with Gasteiger partial charge < -0.3 is 9.47 Å². The SMILES string of the molecule is CC(C)[C@@H]1CC[C@@H](C)C[C@H]1OC(=O)NNC(=O)O[C@@H]1C[C@H](C)CC[C@H]1C(C)C. The molecule has 0 radical (unpaired) electrons. The first-order valence-corrected chi connectivity index (χ1v) is 11.1. The maximum atomic E-state index is 12.2. The molecule has 2 aliphatic carbocycles. The highest BCUT2D eigenvalue weighted by atomic mass is 16.6. The zero-order chi connectivity index (χ0) is 20.8. The number of hydrogen-bond acceptors (Lipinski definition) is 4. The maximum Gasteiger partial charge on any atom is 0.426 e. The number of amides is 2. The molecule has 162 valence electrons. The molecule has 2 fully saturated rings. The molecule has 0 aromatic rings. The number of carbonyl (C=O) groups excluding carboxylic acids is 2. The van der Waals surface area contributed by atoms with Crippen LogP contribution >= 0.6 is 0 Å². The lowest BCUT2D eigenvalue weighted by molar-refractivity contribution is -0.00378. The predicted molar refractivity (Wildman–Crippen MR) is 109 cm³/mol. The molecule has 0 aromatic carbocycles. The second kappa shape index (κ2) is 10.4. The van der Waals surface area contributed by atoms with Crippen LogP contribution in [0.3, 0.4) is 0 Å². The summed E-state index contributed by atoms with van der Waals surface area (Å²) in [5.41, 5.74) is 4.73. The van der Waals surface area contributed by atoms with E-state index in [1.54, 1.807) is 0 Å². The summed E-state index contributed by atoms with van der Waals surface area (Å²) >= 11 is 0. The van der Waals surface area contributed by atoms with E-state index in [9.17, 15) is 9.59 Å². The van der Waals surface area contributed by atoms with Crippen LogP contribution in [-0.2, 0) is 9.47 Å². The molecule has 28 heavy (non-hydrogen) atoms. The van der Waals surface area contributed by atoms with Gasteiger partial charge in [-0.3, -0.25) is 0 Å². The molecular formula is C22H40N2O4. The van der Waals surface area contributed by atoms with Crippen molar-refractivity contribution in [2.24, 2.45) is 35.5 Å². The van der Waals surface area contributed by atoms with Crippen molar-refractivity contribution in [2.75, 3.05) is 0 Å². The van der Waals surface area contributed by atoms with E-state index in [0.29, 0.717) is 35.5 Å². The van der Waals surface area contributed by atoms with Gasteiger partial charge in [0, 0.05) is 0 Å². The Morgan fingerprint density at radius 1 is 0.714 bits per heavy atom. The number of hydrogen-bond donors (Lipinski definition) is 2. The van der Waals surface area contributed by atoms with Crippen LogP contribution in [0.5, 0.6) is 0 Å². The van der Waals surface area contributed by atoms with Gasteiger partial charge >= 0.3 is 12.2 Å². The van der Waals surface area contributed by atoms with Crippen molar-refractivity contribution in [3.8, 4) is 0 Å². The van der Waals surface area contributed by atoms with Crippen molar-refractivity contribution >= 4 is 12.2 Å². The van der Waals surface area contributed by atoms with Crippen molar-refractivity contribution in [1.29, 1.82) is 0 Å². The first-order valence-electron chi connectivity index (χ1n) is 11.1. The van der Waals surface area contributed by atoms with Gasteiger partial charge in [0.25, 0.3) is 0 Å². The molecule has 0 spiro atoms. The van der Waals surface area contributed by atoms with Gasteiger partial charge in [-0.05, 0) is 61.2 Å². The van der Waals surface area contributed by atoms with Crippen molar-refractivity contribution in [1.82, 2.24) is 10.9 Å². The molecule has 0 unspecified atom stereocenters. The van der Waals surface area contributed by atoms with Crippen LogP contribution in [0.2, 0.25) is 0 Å². The topological polar surface area (TPSA) is 76.7 Å². The Labute approximate surface area is 170 Å². The van der Waals surface area contributed by atoms with Crippen LogP contribution in [0.15, 0.2) is 0 Å². The van der Waals surface area contributed by atoms with E-state index in [1.807, 2.05) is 0 Å². The number of rotatable bonds is 4. The third-order valence-corrected chi connectivity index (χ3v) is 6.71. The Hall–Kier alpha value is -1.46. The Morgan fingerprint density at radius 3 is 1.39 bits per heavy atom. The molecule has 6 nitrogen and oxygen atoms in total. The Morgan fingerprint density at radius 2 is 1.07 bits per heavy atom. The Bertz CT molecular complexity index is 477. The van der Waals surface area contributed by atoms with Crippen molar-refractivity contribution in [3.63, 3.8) is 0 Å². The summed E-state index contributed by atoms with van der Waals surface area (Å²) in [6.45, 7) is 13.1. The monoisotopic (exact) mass is 396 g/mol. The van der Waals surface area contributed by atoms with E-state index in [-0.39, 0.29) is 12.2 Å². The lowest BCUT2D eigenvalue weighted by Gasteiger charge is -2.37. The lowest BCUT2D eigenvalue weighted by Crippen LogP contribution is -2.47. The number of ether oxygens (including phenoxy) is 2. The minimum Gasteiger partial charge on any atom is -0.445 e. The van der Waals surface area contributed by atoms with Crippen LogP contribution in [0.4, 0.5) is 9.59 Å². The van der Waals surface area contributed by atoms with Crippen LogP contribution in [0.25, 0.3) is 0 Å². The summed E-state index contributed by atoms with van der Waals surface area (Å²) in [6.07, 6.45) is 4.80. The minimum atomic E-state index is -0.612. The highest BCUT2D eigenvalue weighted by Crippen LogP contribution is 2.36. The molecule has 2 aliphatic rings. The lowest BCUT2D eigenvalue weighted by atomic mass is 9.75. The van der Waals surface area contributed by atoms with Gasteiger partial charge in [0.2, 0.25) is 0 Å². The van der Waals surface area contributed by atoms with Gasteiger partial charge in [-0.15, -0.1) is 0 Å². The quantitative estimate of drug-likeness (QED) is 0.634. The minimum absolute atomic E-state index is 0.105. The number of nitrogens with one attached hydrogen (secondary N) is 2. The van der Waals surface area contributed by atoms with E-state index in [0.717, 1.165) is 25.7 Å². The fourth-order valence-electron chi connectivity index (χ4n) is 4.94. The predicted octanol–water partition coefficient (Wildman–Crippen LogP) is 5.28. The molecule has 0 aromatic heterocycles. The number of carbonyl (C=O) groups is 2. The molecule has 0 saturated heterocycles. The van der Waals surface area contributed by atoms with Gasteiger partial charge in [-0.1, -0.05) is 54.4 Å². The molecule has 2 rings (SSSR count). The summed E-state index contributed by atoms with van der Waals surface area (Å²) in [5.74, 6) is 2.75. The van der Waals surface area contributed by atoms with Crippen molar-refractivity contribution in [3.05, 3.63) is 0 Å². The van der Waals surface area contributed by atoms with Crippen molar-refractivity contribution < 1.29 is 19.1 Å². The first kappa shape index (κ1) is 22.8. The van der Waals surface area contributed by atoms with E-state index >= 15 is 0 Å². The van der Waals surface area contributed by atoms with Gasteiger partial charge in [-0.25, -0.2) is 20.4 Å². The third kappa shape index (κ3) is 6.56.